The molecule has 10 heteroatoms. The van der Waals surface area contributed by atoms with Crippen LogP contribution < -0.4 is 4.52 Å². The molecule has 0 aliphatic carbocycles. The lowest BCUT2D eigenvalue weighted by Crippen LogP contribution is -2.34. The van der Waals surface area contributed by atoms with Crippen LogP contribution in [0.2, 0.25) is 0 Å². The Kier molecular flexibility index (Phi) is 6.83. The Morgan fingerprint density at radius 3 is 2.35 bits per heavy atom. The predicted octanol–water partition coefficient (Wildman–Crippen LogP) is 5.70. The van der Waals surface area contributed by atoms with Crippen LogP contribution in [0.4, 0.5) is 0 Å². The SMILES string of the molecule is Cc1ccc2c(c1)C(C(Cl)(Cl)Cl)OP(=O)(N(CCCl)CCCl)O2. The molecule has 2 rings (SSSR count). The maximum atomic E-state index is 13.2. The molecule has 1 aromatic carbocycles. The van der Waals surface area contributed by atoms with Crippen molar-refractivity contribution in [1.82, 2.24) is 4.67 Å². The summed E-state index contributed by atoms with van der Waals surface area (Å²) in [5, 5.41) is 0. The van der Waals surface area contributed by atoms with Gasteiger partial charge in [-0.1, -0.05) is 46.4 Å². The van der Waals surface area contributed by atoms with Crippen LogP contribution in [0.3, 0.4) is 0 Å². The highest BCUT2D eigenvalue weighted by Crippen LogP contribution is 2.64. The lowest BCUT2D eigenvalue weighted by atomic mass is 10.1. The van der Waals surface area contributed by atoms with Gasteiger partial charge in [0.2, 0.25) is 3.79 Å². The van der Waals surface area contributed by atoms with Gasteiger partial charge in [-0.3, -0.25) is 4.52 Å². The van der Waals surface area contributed by atoms with Gasteiger partial charge in [0, 0.05) is 30.4 Å². The summed E-state index contributed by atoms with van der Waals surface area (Å²) in [6.45, 7) is 2.41. The summed E-state index contributed by atoms with van der Waals surface area (Å²) in [7, 11) is -3.75. The van der Waals surface area contributed by atoms with Gasteiger partial charge >= 0.3 is 7.75 Å². The Morgan fingerprint density at radius 1 is 1.22 bits per heavy atom. The van der Waals surface area contributed by atoms with Crippen molar-refractivity contribution < 1.29 is 13.6 Å². The van der Waals surface area contributed by atoms with Crippen molar-refractivity contribution in [3.8, 4) is 5.75 Å². The van der Waals surface area contributed by atoms with E-state index >= 15 is 0 Å². The van der Waals surface area contributed by atoms with Gasteiger partial charge in [-0.25, -0.2) is 4.57 Å². The van der Waals surface area contributed by atoms with E-state index in [-0.39, 0.29) is 24.8 Å². The summed E-state index contributed by atoms with van der Waals surface area (Å²) in [5.41, 5.74) is 1.47. The van der Waals surface area contributed by atoms with Gasteiger partial charge in [0.25, 0.3) is 0 Å². The summed E-state index contributed by atoms with van der Waals surface area (Å²) in [4.78, 5) is 0. The molecule has 4 nitrogen and oxygen atoms in total. The van der Waals surface area contributed by atoms with Crippen LogP contribution in [0.15, 0.2) is 18.2 Å². The molecule has 1 aromatic rings. The van der Waals surface area contributed by atoms with E-state index in [0.29, 0.717) is 11.3 Å². The number of alkyl halides is 5. The van der Waals surface area contributed by atoms with Crippen LogP contribution in [-0.4, -0.2) is 33.3 Å². The van der Waals surface area contributed by atoms with Crippen molar-refractivity contribution in [3.63, 3.8) is 0 Å². The zero-order chi connectivity index (χ0) is 17.3. The van der Waals surface area contributed by atoms with Gasteiger partial charge in [-0.05, 0) is 19.1 Å². The fourth-order valence-electron chi connectivity index (χ4n) is 2.20. The van der Waals surface area contributed by atoms with E-state index in [1.807, 2.05) is 13.0 Å². The number of rotatable bonds is 5. The van der Waals surface area contributed by atoms with Crippen molar-refractivity contribution in [2.45, 2.75) is 16.8 Å². The van der Waals surface area contributed by atoms with E-state index in [4.69, 9.17) is 67.1 Å². The average Bonchev–Trinajstić information content (AvgIpc) is 2.46. The first-order chi connectivity index (χ1) is 10.7. The van der Waals surface area contributed by atoms with E-state index in [1.165, 1.54) is 4.67 Å². The minimum atomic E-state index is -3.75. The number of benzene rings is 1. The Morgan fingerprint density at radius 2 is 1.83 bits per heavy atom. The highest BCUT2D eigenvalue weighted by Gasteiger charge is 2.49. The second-order valence-corrected chi connectivity index (χ2v) is 9.98. The van der Waals surface area contributed by atoms with E-state index in [2.05, 4.69) is 0 Å². The third-order valence-electron chi connectivity index (χ3n) is 3.23. The van der Waals surface area contributed by atoms with E-state index < -0.39 is 17.6 Å². The number of hydrogen-bond acceptors (Lipinski definition) is 3. The van der Waals surface area contributed by atoms with Gasteiger partial charge in [0.1, 0.15) is 11.9 Å². The molecule has 23 heavy (non-hydrogen) atoms. The quantitative estimate of drug-likeness (QED) is 0.434. The molecule has 2 unspecified atom stereocenters. The zero-order valence-electron chi connectivity index (χ0n) is 12.1. The Bertz CT molecular complexity index is 604. The first-order valence-corrected chi connectivity index (χ1v) is 10.4. The minimum absolute atomic E-state index is 0.229. The summed E-state index contributed by atoms with van der Waals surface area (Å²) >= 11 is 29.6. The Labute approximate surface area is 160 Å². The van der Waals surface area contributed by atoms with E-state index in [1.54, 1.807) is 12.1 Å². The molecule has 130 valence electrons. The molecular formula is C13H15Cl5NO3P. The lowest BCUT2D eigenvalue weighted by Gasteiger charge is -2.39. The number of hydrogen-bond donors (Lipinski definition) is 0. The lowest BCUT2D eigenvalue weighted by molar-refractivity contribution is 0.130. The molecule has 1 heterocycles. The molecule has 0 radical (unpaired) electrons. The zero-order valence-corrected chi connectivity index (χ0v) is 16.8. The molecule has 0 fully saturated rings. The summed E-state index contributed by atoms with van der Waals surface area (Å²) in [6, 6.07) is 5.28. The van der Waals surface area contributed by atoms with Gasteiger partial charge in [-0.2, -0.15) is 4.67 Å². The topological polar surface area (TPSA) is 38.8 Å². The van der Waals surface area contributed by atoms with Crippen LogP contribution >= 0.6 is 65.8 Å². The molecule has 0 saturated carbocycles. The number of nitrogens with zero attached hydrogens (tertiary/aromatic N) is 1. The first-order valence-electron chi connectivity index (χ1n) is 6.74. The third kappa shape index (κ3) is 4.62. The first kappa shape index (κ1) is 19.9. The normalized spacial score (nSPS) is 24.4. The maximum Gasteiger partial charge on any atom is 0.462 e. The standard InChI is InChI=1S/C13H15Cl5NO3P/c1-9-2-3-11-10(8-9)12(13(16,17)18)22-23(20,21-11)19(6-4-14)7-5-15/h2-3,8,12H,4-7H2,1H3. The highest BCUT2D eigenvalue weighted by molar-refractivity contribution is 7.51. The summed E-state index contributed by atoms with van der Waals surface area (Å²) in [5.74, 6) is 0.815. The van der Waals surface area contributed by atoms with Crippen molar-refractivity contribution in [2.24, 2.45) is 0 Å². The van der Waals surface area contributed by atoms with Crippen molar-refractivity contribution >= 4 is 65.8 Å². The molecule has 0 bridgehead atoms. The van der Waals surface area contributed by atoms with Crippen molar-refractivity contribution in [3.05, 3.63) is 29.3 Å². The molecule has 2 atom stereocenters. The molecule has 0 aromatic heterocycles. The highest BCUT2D eigenvalue weighted by atomic mass is 35.6. The summed E-state index contributed by atoms with van der Waals surface area (Å²) < 4.78 is 24.1. The van der Waals surface area contributed by atoms with E-state index in [0.717, 1.165) is 5.56 Å². The minimum Gasteiger partial charge on any atom is -0.413 e. The number of halogens is 5. The summed E-state index contributed by atoms with van der Waals surface area (Å²) in [6.07, 6.45) is -1.03. The fraction of sp³-hybridized carbons (Fsp3) is 0.538. The Hall–Kier alpha value is 0.620. The molecule has 0 saturated heterocycles. The van der Waals surface area contributed by atoms with Crippen LogP contribution in [-0.2, 0) is 9.09 Å². The molecule has 0 amide bonds. The van der Waals surface area contributed by atoms with Crippen LogP contribution in [0, 0.1) is 6.92 Å². The molecule has 1 aliphatic heterocycles. The second-order valence-electron chi connectivity index (χ2n) is 4.96. The van der Waals surface area contributed by atoms with E-state index in [9.17, 15) is 4.57 Å². The van der Waals surface area contributed by atoms with Crippen molar-refractivity contribution in [2.75, 3.05) is 24.8 Å². The number of aryl methyl sites for hydroxylation is 1. The van der Waals surface area contributed by atoms with Gasteiger partial charge < -0.3 is 4.52 Å². The van der Waals surface area contributed by atoms with Crippen molar-refractivity contribution in [1.29, 1.82) is 0 Å². The monoisotopic (exact) mass is 439 g/mol. The second kappa shape index (κ2) is 7.88. The number of fused-ring (bicyclic) bond motifs is 1. The Balaban J connectivity index is 2.47. The fourth-order valence-corrected chi connectivity index (χ4v) is 5.46. The van der Waals surface area contributed by atoms with Gasteiger partial charge in [0.15, 0.2) is 0 Å². The van der Waals surface area contributed by atoms with Gasteiger partial charge in [0.05, 0.1) is 0 Å². The van der Waals surface area contributed by atoms with Crippen LogP contribution in [0.1, 0.15) is 17.2 Å². The molecule has 1 aliphatic rings. The maximum absolute atomic E-state index is 13.2. The van der Waals surface area contributed by atoms with Crippen LogP contribution in [0.25, 0.3) is 0 Å². The molecular weight excluding hydrogens is 426 g/mol. The van der Waals surface area contributed by atoms with Gasteiger partial charge in [-0.15, -0.1) is 23.2 Å². The predicted molar refractivity (Wildman–Crippen MR) is 96.5 cm³/mol. The average molecular weight is 442 g/mol. The van der Waals surface area contributed by atoms with Crippen LogP contribution in [0.5, 0.6) is 5.75 Å². The third-order valence-corrected chi connectivity index (χ3v) is 6.16. The smallest absolute Gasteiger partial charge is 0.413 e. The molecule has 0 N–H and O–H groups in total. The molecule has 0 spiro atoms. The largest absolute Gasteiger partial charge is 0.462 e.